The number of anilines is 3. The minimum Gasteiger partial charge on any atom is -0.481 e. The number of methoxy groups -OCH3 is 1. The van der Waals surface area contributed by atoms with Crippen LogP contribution in [0.2, 0.25) is 0 Å². The van der Waals surface area contributed by atoms with Crippen LogP contribution < -0.4 is 15.4 Å². The van der Waals surface area contributed by atoms with E-state index in [1.807, 2.05) is 35.2 Å². The lowest BCUT2D eigenvalue weighted by Gasteiger charge is -2.22. The van der Waals surface area contributed by atoms with Crippen molar-refractivity contribution in [3.8, 4) is 5.88 Å². The highest BCUT2D eigenvalue weighted by molar-refractivity contribution is 5.61. The molecule has 0 fully saturated rings. The third-order valence-corrected chi connectivity index (χ3v) is 2.58. The largest absolute Gasteiger partial charge is 0.481 e. The Balaban J connectivity index is 2.42. The van der Waals surface area contributed by atoms with E-state index in [4.69, 9.17) is 10.5 Å². The SMILES string of the molecule is CCN(c1ccccc1)c1cc(OC)nc(N)n1. The minimum atomic E-state index is 0.207. The molecule has 1 aromatic heterocycles. The van der Waals surface area contributed by atoms with Crippen LogP contribution in [0.1, 0.15) is 6.92 Å². The van der Waals surface area contributed by atoms with Crippen molar-refractivity contribution >= 4 is 17.5 Å². The number of hydrogen-bond donors (Lipinski definition) is 1. The molecule has 0 bridgehead atoms. The highest BCUT2D eigenvalue weighted by Gasteiger charge is 2.11. The monoisotopic (exact) mass is 244 g/mol. The van der Waals surface area contributed by atoms with Crippen LogP contribution in [0.5, 0.6) is 5.88 Å². The summed E-state index contributed by atoms with van der Waals surface area (Å²) in [6.07, 6.45) is 0. The first-order valence-electron chi connectivity index (χ1n) is 5.75. The molecule has 0 atom stereocenters. The number of ether oxygens (including phenoxy) is 1. The molecule has 2 N–H and O–H groups in total. The van der Waals surface area contributed by atoms with Crippen LogP contribution in [-0.4, -0.2) is 23.6 Å². The third kappa shape index (κ3) is 2.51. The van der Waals surface area contributed by atoms with E-state index in [0.717, 1.165) is 18.1 Å². The third-order valence-electron chi connectivity index (χ3n) is 2.58. The van der Waals surface area contributed by atoms with Crippen molar-refractivity contribution in [3.05, 3.63) is 36.4 Å². The van der Waals surface area contributed by atoms with Gasteiger partial charge in [-0.2, -0.15) is 9.97 Å². The van der Waals surface area contributed by atoms with E-state index >= 15 is 0 Å². The van der Waals surface area contributed by atoms with Crippen LogP contribution in [0.3, 0.4) is 0 Å². The van der Waals surface area contributed by atoms with Crippen molar-refractivity contribution < 1.29 is 4.74 Å². The molecule has 0 radical (unpaired) electrons. The van der Waals surface area contributed by atoms with Crippen LogP contribution >= 0.6 is 0 Å². The molecule has 0 amide bonds. The van der Waals surface area contributed by atoms with Crippen LogP contribution in [0.15, 0.2) is 36.4 Å². The quantitative estimate of drug-likeness (QED) is 0.893. The Bertz CT molecular complexity index is 516. The standard InChI is InChI=1S/C13H16N4O/c1-3-17(10-7-5-4-6-8-10)11-9-12(18-2)16-13(14)15-11/h4-9H,3H2,1-2H3,(H2,14,15,16). The molecule has 5 nitrogen and oxygen atoms in total. The minimum absolute atomic E-state index is 0.207. The number of para-hydroxylation sites is 1. The molecule has 0 saturated heterocycles. The summed E-state index contributed by atoms with van der Waals surface area (Å²) in [7, 11) is 1.56. The first-order valence-corrected chi connectivity index (χ1v) is 5.75. The summed E-state index contributed by atoms with van der Waals surface area (Å²) < 4.78 is 5.11. The number of nitrogen functional groups attached to an aromatic ring is 1. The molecule has 1 heterocycles. The van der Waals surface area contributed by atoms with Gasteiger partial charge in [-0.05, 0) is 19.1 Å². The Morgan fingerprint density at radius 3 is 2.56 bits per heavy atom. The van der Waals surface area contributed by atoms with E-state index in [1.165, 1.54) is 0 Å². The average molecular weight is 244 g/mol. The maximum absolute atomic E-state index is 5.68. The van der Waals surface area contributed by atoms with Crippen LogP contribution in [-0.2, 0) is 0 Å². The second-order valence-electron chi connectivity index (χ2n) is 3.71. The Labute approximate surface area is 106 Å². The lowest BCUT2D eigenvalue weighted by atomic mass is 10.3. The van der Waals surface area contributed by atoms with Crippen molar-refractivity contribution in [1.29, 1.82) is 0 Å². The zero-order chi connectivity index (χ0) is 13.0. The van der Waals surface area contributed by atoms with Gasteiger partial charge in [0.25, 0.3) is 0 Å². The van der Waals surface area contributed by atoms with Gasteiger partial charge in [0, 0.05) is 18.3 Å². The zero-order valence-electron chi connectivity index (χ0n) is 10.5. The Hall–Kier alpha value is -2.30. The van der Waals surface area contributed by atoms with E-state index in [9.17, 15) is 0 Å². The molecule has 0 spiro atoms. The summed E-state index contributed by atoms with van der Waals surface area (Å²) >= 11 is 0. The highest BCUT2D eigenvalue weighted by atomic mass is 16.5. The van der Waals surface area contributed by atoms with Gasteiger partial charge < -0.3 is 15.4 Å². The summed E-state index contributed by atoms with van der Waals surface area (Å²) in [5, 5.41) is 0. The Kier molecular flexibility index (Phi) is 3.62. The van der Waals surface area contributed by atoms with Crippen molar-refractivity contribution in [1.82, 2.24) is 9.97 Å². The molecule has 0 aliphatic rings. The predicted octanol–water partition coefficient (Wildman–Crippen LogP) is 2.23. The summed E-state index contributed by atoms with van der Waals surface area (Å²) in [6.45, 7) is 2.83. The van der Waals surface area contributed by atoms with Crippen molar-refractivity contribution in [3.63, 3.8) is 0 Å². The second-order valence-corrected chi connectivity index (χ2v) is 3.71. The fraction of sp³-hybridized carbons (Fsp3) is 0.231. The molecule has 0 aliphatic carbocycles. The van der Waals surface area contributed by atoms with Crippen LogP contribution in [0.25, 0.3) is 0 Å². The van der Waals surface area contributed by atoms with Crippen molar-refractivity contribution in [2.75, 3.05) is 24.3 Å². The molecule has 2 aromatic rings. The van der Waals surface area contributed by atoms with Gasteiger partial charge in [0.15, 0.2) is 0 Å². The second kappa shape index (κ2) is 5.35. The molecule has 1 aromatic carbocycles. The molecular formula is C13H16N4O. The van der Waals surface area contributed by atoms with Gasteiger partial charge in [-0.15, -0.1) is 0 Å². The summed E-state index contributed by atoms with van der Waals surface area (Å²) in [5.41, 5.74) is 6.73. The fourth-order valence-electron chi connectivity index (χ4n) is 1.76. The smallest absolute Gasteiger partial charge is 0.225 e. The molecule has 0 unspecified atom stereocenters. The van der Waals surface area contributed by atoms with Gasteiger partial charge in [-0.3, -0.25) is 0 Å². The molecule has 18 heavy (non-hydrogen) atoms. The van der Waals surface area contributed by atoms with E-state index in [2.05, 4.69) is 16.9 Å². The van der Waals surface area contributed by atoms with Gasteiger partial charge in [0.1, 0.15) is 5.82 Å². The van der Waals surface area contributed by atoms with Crippen molar-refractivity contribution in [2.24, 2.45) is 0 Å². The van der Waals surface area contributed by atoms with Gasteiger partial charge in [0.05, 0.1) is 7.11 Å². The van der Waals surface area contributed by atoms with E-state index < -0.39 is 0 Å². The molecule has 94 valence electrons. The van der Waals surface area contributed by atoms with Crippen LogP contribution in [0.4, 0.5) is 17.5 Å². The van der Waals surface area contributed by atoms with E-state index in [-0.39, 0.29) is 5.95 Å². The lowest BCUT2D eigenvalue weighted by molar-refractivity contribution is 0.398. The van der Waals surface area contributed by atoms with E-state index in [0.29, 0.717) is 5.88 Å². The summed E-state index contributed by atoms with van der Waals surface area (Å²) in [4.78, 5) is 10.3. The maximum atomic E-state index is 5.68. The number of hydrogen-bond acceptors (Lipinski definition) is 5. The van der Waals surface area contributed by atoms with Gasteiger partial charge in [-0.25, -0.2) is 0 Å². The van der Waals surface area contributed by atoms with Gasteiger partial charge in [0.2, 0.25) is 11.8 Å². The first-order chi connectivity index (χ1) is 8.74. The Morgan fingerprint density at radius 2 is 1.94 bits per heavy atom. The first kappa shape index (κ1) is 12.2. The van der Waals surface area contributed by atoms with Gasteiger partial charge in [-0.1, -0.05) is 18.2 Å². The number of rotatable bonds is 4. The summed E-state index contributed by atoms with van der Waals surface area (Å²) in [5.74, 6) is 1.40. The maximum Gasteiger partial charge on any atom is 0.225 e. The average Bonchev–Trinajstić information content (AvgIpc) is 2.40. The lowest BCUT2D eigenvalue weighted by Crippen LogP contribution is -2.18. The van der Waals surface area contributed by atoms with Gasteiger partial charge >= 0.3 is 0 Å². The predicted molar refractivity (Wildman–Crippen MR) is 72.1 cm³/mol. The van der Waals surface area contributed by atoms with Crippen LogP contribution in [0, 0.1) is 0 Å². The molecule has 0 saturated carbocycles. The van der Waals surface area contributed by atoms with E-state index in [1.54, 1.807) is 13.2 Å². The molecule has 2 rings (SSSR count). The highest BCUT2D eigenvalue weighted by Crippen LogP contribution is 2.25. The number of nitrogens with two attached hydrogens (primary N) is 1. The number of aromatic nitrogens is 2. The fourth-order valence-corrected chi connectivity index (χ4v) is 1.76. The molecule has 0 aliphatic heterocycles. The topological polar surface area (TPSA) is 64.3 Å². The zero-order valence-corrected chi connectivity index (χ0v) is 10.5. The van der Waals surface area contributed by atoms with Crippen molar-refractivity contribution in [2.45, 2.75) is 6.92 Å². The summed E-state index contributed by atoms with van der Waals surface area (Å²) in [6, 6.07) is 11.8. The number of nitrogens with zero attached hydrogens (tertiary/aromatic N) is 3. The Morgan fingerprint density at radius 1 is 1.22 bits per heavy atom. The number of benzene rings is 1. The molecular weight excluding hydrogens is 228 g/mol. The normalized spacial score (nSPS) is 10.1. The molecule has 5 heteroatoms.